The van der Waals surface area contributed by atoms with Gasteiger partial charge in [-0.2, -0.15) is 5.10 Å². The molecule has 1 aliphatic heterocycles. The normalized spacial score (nSPS) is 21.7. The lowest BCUT2D eigenvalue weighted by atomic mass is 9.80. The van der Waals surface area contributed by atoms with Gasteiger partial charge in [0.2, 0.25) is 0 Å². The molecule has 0 radical (unpaired) electrons. The summed E-state index contributed by atoms with van der Waals surface area (Å²) >= 11 is 3.14. The van der Waals surface area contributed by atoms with Crippen molar-refractivity contribution in [1.29, 1.82) is 0 Å². The molecule has 1 fully saturated rings. The Labute approximate surface area is 163 Å². The summed E-state index contributed by atoms with van der Waals surface area (Å²) in [5.74, 6) is -0.164. The predicted molar refractivity (Wildman–Crippen MR) is 102 cm³/mol. The molecule has 0 saturated carbocycles. The van der Waals surface area contributed by atoms with Crippen molar-refractivity contribution in [2.75, 3.05) is 0 Å². The lowest BCUT2D eigenvalue weighted by Gasteiger charge is -2.31. The van der Waals surface area contributed by atoms with E-state index in [1.54, 1.807) is 22.2 Å². The number of nitrogens with zero attached hydrogens (tertiary/aromatic N) is 4. The molecule has 1 saturated heterocycles. The molecule has 0 bridgehead atoms. The molecule has 2 aliphatic rings. The van der Waals surface area contributed by atoms with Crippen molar-refractivity contribution in [3.63, 3.8) is 0 Å². The van der Waals surface area contributed by atoms with Gasteiger partial charge in [0.1, 0.15) is 10.5 Å². The van der Waals surface area contributed by atoms with E-state index in [1.807, 2.05) is 30.1 Å². The molecule has 3 aromatic rings. The first-order valence-corrected chi connectivity index (χ1v) is 10.5. The van der Waals surface area contributed by atoms with Crippen LogP contribution in [0.15, 0.2) is 29.2 Å². The smallest absolute Gasteiger partial charge is 0.319 e. The van der Waals surface area contributed by atoms with E-state index in [4.69, 9.17) is 0 Å². The van der Waals surface area contributed by atoms with Gasteiger partial charge < -0.3 is 5.32 Å². The molecular formula is C18H17N5O2S2. The van der Waals surface area contributed by atoms with Gasteiger partial charge >= 0.3 is 6.03 Å². The molecule has 1 aliphatic carbocycles. The third kappa shape index (κ3) is 2.53. The van der Waals surface area contributed by atoms with Gasteiger partial charge in [-0.15, -0.1) is 22.7 Å². The number of urea groups is 1. The van der Waals surface area contributed by atoms with E-state index >= 15 is 0 Å². The van der Waals surface area contributed by atoms with Crippen molar-refractivity contribution in [1.82, 2.24) is 25.0 Å². The number of hydrogen-bond donors (Lipinski definition) is 1. The first-order valence-electron chi connectivity index (χ1n) is 8.71. The molecule has 27 heavy (non-hydrogen) atoms. The van der Waals surface area contributed by atoms with Crippen LogP contribution in [0.3, 0.4) is 0 Å². The Bertz CT molecular complexity index is 1050. The second-order valence-electron chi connectivity index (χ2n) is 6.88. The summed E-state index contributed by atoms with van der Waals surface area (Å²) in [5, 5.41) is 11.9. The van der Waals surface area contributed by atoms with Crippen LogP contribution in [0.1, 0.15) is 29.0 Å². The number of rotatable bonds is 3. The number of hydrogen-bond acceptors (Lipinski definition) is 6. The number of amides is 3. The summed E-state index contributed by atoms with van der Waals surface area (Å²) in [7, 11) is 1.85. The van der Waals surface area contributed by atoms with Crippen LogP contribution in [0, 0.1) is 0 Å². The van der Waals surface area contributed by atoms with E-state index < -0.39 is 5.54 Å². The van der Waals surface area contributed by atoms with Gasteiger partial charge in [-0.05, 0) is 30.7 Å². The average molecular weight is 400 g/mol. The van der Waals surface area contributed by atoms with Gasteiger partial charge in [-0.3, -0.25) is 14.4 Å². The van der Waals surface area contributed by atoms with Crippen LogP contribution in [-0.2, 0) is 30.3 Å². The minimum Gasteiger partial charge on any atom is -0.319 e. The number of imide groups is 1. The zero-order valence-corrected chi connectivity index (χ0v) is 16.3. The Morgan fingerprint density at radius 1 is 1.33 bits per heavy atom. The fourth-order valence-electron chi connectivity index (χ4n) is 3.89. The standard InChI is InChI=1S/C18H17N5O2S2/c1-22-8-11(7-19-22)15-20-12(10-27-15)9-23-16(24)18(21-17(23)25)5-2-3-14-13(18)4-6-26-14/h4,6-8,10H,2-3,5,9H2,1H3,(H,21,25). The topological polar surface area (TPSA) is 80.1 Å². The van der Waals surface area contributed by atoms with E-state index in [1.165, 1.54) is 21.1 Å². The van der Waals surface area contributed by atoms with Crippen molar-refractivity contribution in [3.8, 4) is 10.6 Å². The van der Waals surface area contributed by atoms with E-state index in [-0.39, 0.29) is 18.5 Å². The SMILES string of the molecule is Cn1cc(-c2nc(CN3C(=O)NC4(CCCc5sccc54)C3=O)cs2)cn1. The first kappa shape index (κ1) is 16.6. The maximum absolute atomic E-state index is 13.2. The van der Waals surface area contributed by atoms with Gasteiger partial charge in [-0.1, -0.05) is 0 Å². The number of carbonyl (C=O) groups excluding carboxylic acids is 2. The van der Waals surface area contributed by atoms with Crippen LogP contribution >= 0.6 is 22.7 Å². The van der Waals surface area contributed by atoms with Crippen molar-refractivity contribution in [2.24, 2.45) is 7.05 Å². The summed E-state index contributed by atoms with van der Waals surface area (Å²) in [6.07, 6.45) is 6.17. The second kappa shape index (κ2) is 6.00. The lowest BCUT2D eigenvalue weighted by Crippen LogP contribution is -2.46. The third-order valence-corrected chi connectivity index (χ3v) is 7.08. The Balaban J connectivity index is 1.42. The highest BCUT2D eigenvalue weighted by molar-refractivity contribution is 7.13. The number of aromatic nitrogens is 3. The third-order valence-electron chi connectivity index (χ3n) is 5.16. The van der Waals surface area contributed by atoms with Crippen molar-refractivity contribution < 1.29 is 9.59 Å². The molecular weight excluding hydrogens is 382 g/mol. The highest BCUT2D eigenvalue weighted by Crippen LogP contribution is 2.42. The van der Waals surface area contributed by atoms with Crippen molar-refractivity contribution in [3.05, 3.63) is 45.4 Å². The highest BCUT2D eigenvalue weighted by atomic mass is 32.1. The van der Waals surface area contributed by atoms with Gasteiger partial charge in [0.25, 0.3) is 5.91 Å². The second-order valence-corrected chi connectivity index (χ2v) is 8.74. The summed E-state index contributed by atoms with van der Waals surface area (Å²) < 4.78 is 1.72. The largest absolute Gasteiger partial charge is 0.325 e. The molecule has 7 nitrogen and oxygen atoms in total. The van der Waals surface area contributed by atoms with E-state index in [2.05, 4.69) is 15.4 Å². The average Bonchev–Trinajstić information content (AvgIpc) is 3.41. The number of fused-ring (bicyclic) bond motifs is 2. The van der Waals surface area contributed by atoms with Gasteiger partial charge in [-0.25, -0.2) is 9.78 Å². The van der Waals surface area contributed by atoms with Gasteiger partial charge in [0, 0.05) is 34.6 Å². The molecule has 1 unspecified atom stereocenters. The van der Waals surface area contributed by atoms with E-state index in [0.717, 1.165) is 29.0 Å². The molecule has 1 spiro atoms. The Morgan fingerprint density at radius 3 is 3.04 bits per heavy atom. The quantitative estimate of drug-likeness (QED) is 0.687. The molecule has 1 N–H and O–H groups in total. The molecule has 0 aromatic carbocycles. The summed E-state index contributed by atoms with van der Waals surface area (Å²) in [5.41, 5.74) is 1.71. The molecule has 9 heteroatoms. The fourth-order valence-corrected chi connectivity index (χ4v) is 5.68. The van der Waals surface area contributed by atoms with Crippen LogP contribution in [0.2, 0.25) is 0 Å². The predicted octanol–water partition coefficient (Wildman–Crippen LogP) is 2.89. The van der Waals surface area contributed by atoms with Crippen LogP contribution in [-0.4, -0.2) is 31.6 Å². The first-order chi connectivity index (χ1) is 13.1. The minimum absolute atomic E-state index is 0.164. The number of aryl methyl sites for hydroxylation is 2. The van der Waals surface area contributed by atoms with Crippen LogP contribution in [0.25, 0.3) is 10.6 Å². The van der Waals surface area contributed by atoms with E-state index in [9.17, 15) is 9.59 Å². The van der Waals surface area contributed by atoms with Gasteiger partial charge in [0.15, 0.2) is 0 Å². The Morgan fingerprint density at radius 2 is 2.22 bits per heavy atom. The van der Waals surface area contributed by atoms with Crippen molar-refractivity contribution in [2.45, 2.75) is 31.3 Å². The van der Waals surface area contributed by atoms with Gasteiger partial charge in [0.05, 0.1) is 18.4 Å². The Kier molecular flexibility index (Phi) is 3.70. The maximum Gasteiger partial charge on any atom is 0.325 e. The molecule has 5 rings (SSSR count). The fraction of sp³-hybridized carbons (Fsp3) is 0.333. The number of thiophene rings is 1. The molecule has 1 atom stereocenters. The summed E-state index contributed by atoms with van der Waals surface area (Å²) in [6.45, 7) is 0.183. The molecule has 3 amide bonds. The van der Waals surface area contributed by atoms with Crippen LogP contribution < -0.4 is 5.32 Å². The monoisotopic (exact) mass is 399 g/mol. The number of carbonyl (C=O) groups is 2. The molecule has 3 aromatic heterocycles. The zero-order valence-electron chi connectivity index (χ0n) is 14.6. The summed E-state index contributed by atoms with van der Waals surface area (Å²) in [4.78, 5) is 33.0. The van der Waals surface area contributed by atoms with Crippen LogP contribution in [0.4, 0.5) is 4.79 Å². The molecule has 138 valence electrons. The van der Waals surface area contributed by atoms with E-state index in [0.29, 0.717) is 12.1 Å². The minimum atomic E-state index is -0.896. The highest BCUT2D eigenvalue weighted by Gasteiger charge is 2.54. The number of nitrogens with one attached hydrogen (secondary N) is 1. The summed E-state index contributed by atoms with van der Waals surface area (Å²) in [6, 6.07) is 1.64. The molecule has 4 heterocycles. The lowest BCUT2D eigenvalue weighted by molar-refractivity contribution is -0.132. The maximum atomic E-state index is 13.2. The zero-order chi connectivity index (χ0) is 18.6. The van der Waals surface area contributed by atoms with Crippen LogP contribution in [0.5, 0.6) is 0 Å². The number of thiazole rings is 1. The Hall–Kier alpha value is -2.52. The van der Waals surface area contributed by atoms with Crippen molar-refractivity contribution >= 4 is 34.6 Å².